The summed E-state index contributed by atoms with van der Waals surface area (Å²) in [5.74, 6) is 0.517. The lowest BCUT2D eigenvalue weighted by molar-refractivity contribution is 0.279. The molecule has 0 aromatic heterocycles. The van der Waals surface area contributed by atoms with Crippen LogP contribution >= 0.6 is 11.6 Å². The summed E-state index contributed by atoms with van der Waals surface area (Å²) in [5, 5.41) is 3.57. The van der Waals surface area contributed by atoms with Crippen LogP contribution in [-0.4, -0.2) is 14.2 Å². The fraction of sp³-hybridized carbons (Fsp3) is 0.250. The minimum atomic E-state index is -0.385. The third kappa shape index (κ3) is 3.86. The van der Waals surface area contributed by atoms with Crippen molar-refractivity contribution in [1.82, 2.24) is 5.32 Å². The van der Waals surface area contributed by atoms with E-state index in [1.807, 2.05) is 6.07 Å². The Hall–Kier alpha value is -1.78. The highest BCUT2D eigenvalue weighted by Gasteiger charge is 2.11. The molecule has 5 heteroatoms. The number of ether oxygens (including phenoxy) is 2. The van der Waals surface area contributed by atoms with Gasteiger partial charge in [0.25, 0.3) is 0 Å². The molecule has 0 atom stereocenters. The summed E-state index contributed by atoms with van der Waals surface area (Å²) in [4.78, 5) is 0. The van der Waals surface area contributed by atoms with Crippen LogP contribution in [0.4, 0.5) is 4.39 Å². The first-order valence-corrected chi connectivity index (χ1v) is 6.90. The van der Waals surface area contributed by atoms with Crippen molar-refractivity contribution in [3.63, 3.8) is 0 Å². The molecular weight excluding hydrogens is 293 g/mol. The van der Waals surface area contributed by atoms with E-state index in [1.165, 1.54) is 6.07 Å². The van der Waals surface area contributed by atoms with Crippen LogP contribution in [0.15, 0.2) is 36.4 Å². The summed E-state index contributed by atoms with van der Waals surface area (Å²) in [6, 6.07) is 10.1. The fourth-order valence-corrected chi connectivity index (χ4v) is 2.25. The molecule has 0 aliphatic heterocycles. The average Bonchev–Trinajstić information content (AvgIpc) is 2.47. The lowest BCUT2D eigenvalue weighted by Crippen LogP contribution is -2.09. The largest absolute Gasteiger partial charge is 0.496 e. The van der Waals surface area contributed by atoms with E-state index in [9.17, 15) is 4.39 Å². The Kier molecular flexibility index (Phi) is 5.42. The zero-order valence-electron chi connectivity index (χ0n) is 12.0. The van der Waals surface area contributed by atoms with Crippen LogP contribution in [-0.2, 0) is 13.2 Å². The van der Waals surface area contributed by atoms with Gasteiger partial charge < -0.3 is 14.8 Å². The molecule has 0 amide bonds. The van der Waals surface area contributed by atoms with E-state index in [2.05, 4.69) is 5.32 Å². The molecule has 0 fully saturated rings. The summed E-state index contributed by atoms with van der Waals surface area (Å²) in [6.45, 7) is 0.709. The highest BCUT2D eigenvalue weighted by Crippen LogP contribution is 2.27. The van der Waals surface area contributed by atoms with Crippen LogP contribution < -0.4 is 14.8 Å². The van der Waals surface area contributed by atoms with Gasteiger partial charge in [-0.2, -0.15) is 0 Å². The van der Waals surface area contributed by atoms with Crippen molar-refractivity contribution in [2.24, 2.45) is 0 Å². The average molecular weight is 310 g/mol. The van der Waals surface area contributed by atoms with Crippen LogP contribution in [0.2, 0.25) is 5.02 Å². The zero-order valence-corrected chi connectivity index (χ0v) is 12.7. The Balaban J connectivity index is 2.22. The number of methoxy groups -OCH3 is 1. The molecule has 0 aliphatic carbocycles. The topological polar surface area (TPSA) is 30.5 Å². The van der Waals surface area contributed by atoms with Gasteiger partial charge in [0.2, 0.25) is 0 Å². The molecule has 2 aromatic carbocycles. The van der Waals surface area contributed by atoms with Gasteiger partial charge in [-0.3, -0.25) is 0 Å². The SMILES string of the molecule is CNCc1cccc(F)c1OCc1cc(Cl)ccc1OC. The first kappa shape index (κ1) is 15.6. The van der Waals surface area contributed by atoms with Crippen molar-refractivity contribution in [1.29, 1.82) is 0 Å². The molecule has 0 radical (unpaired) electrons. The maximum Gasteiger partial charge on any atom is 0.165 e. The maximum absolute atomic E-state index is 13.9. The second-order valence-electron chi connectivity index (χ2n) is 4.50. The van der Waals surface area contributed by atoms with Gasteiger partial charge in [-0.15, -0.1) is 0 Å². The van der Waals surface area contributed by atoms with Gasteiger partial charge in [-0.05, 0) is 31.3 Å². The first-order valence-electron chi connectivity index (χ1n) is 6.53. The molecule has 0 saturated carbocycles. The minimum absolute atomic E-state index is 0.182. The van der Waals surface area contributed by atoms with Gasteiger partial charge in [0, 0.05) is 22.7 Å². The second-order valence-corrected chi connectivity index (χ2v) is 4.94. The smallest absolute Gasteiger partial charge is 0.165 e. The number of rotatable bonds is 6. The van der Waals surface area contributed by atoms with Crippen molar-refractivity contribution in [3.05, 3.63) is 58.4 Å². The van der Waals surface area contributed by atoms with E-state index in [0.29, 0.717) is 17.3 Å². The predicted molar refractivity (Wildman–Crippen MR) is 81.5 cm³/mol. The molecular formula is C16H17ClFNO2. The van der Waals surface area contributed by atoms with Crippen LogP contribution in [0, 0.1) is 5.82 Å². The molecule has 2 aromatic rings. The third-order valence-corrected chi connectivity index (χ3v) is 3.27. The number of halogens is 2. The summed E-state index contributed by atoms with van der Waals surface area (Å²) in [7, 11) is 3.37. The van der Waals surface area contributed by atoms with Crippen LogP contribution in [0.25, 0.3) is 0 Å². The Labute approximate surface area is 128 Å². The Bertz CT molecular complexity index is 619. The summed E-state index contributed by atoms with van der Waals surface area (Å²) in [6.07, 6.45) is 0. The van der Waals surface area contributed by atoms with E-state index in [4.69, 9.17) is 21.1 Å². The van der Waals surface area contributed by atoms with E-state index in [1.54, 1.807) is 38.4 Å². The fourth-order valence-electron chi connectivity index (χ4n) is 2.05. The molecule has 0 saturated heterocycles. The van der Waals surface area contributed by atoms with E-state index < -0.39 is 0 Å². The number of benzene rings is 2. The van der Waals surface area contributed by atoms with Crippen LogP contribution in [0.1, 0.15) is 11.1 Å². The van der Waals surface area contributed by atoms with Crippen molar-refractivity contribution in [3.8, 4) is 11.5 Å². The lowest BCUT2D eigenvalue weighted by Gasteiger charge is -2.14. The number of hydrogen-bond donors (Lipinski definition) is 1. The van der Waals surface area contributed by atoms with Gasteiger partial charge in [-0.25, -0.2) is 4.39 Å². The van der Waals surface area contributed by atoms with E-state index in [0.717, 1.165) is 11.1 Å². The first-order chi connectivity index (χ1) is 10.2. The zero-order chi connectivity index (χ0) is 15.2. The van der Waals surface area contributed by atoms with E-state index in [-0.39, 0.29) is 18.2 Å². The molecule has 0 spiro atoms. The van der Waals surface area contributed by atoms with Crippen LogP contribution in [0.3, 0.4) is 0 Å². The van der Waals surface area contributed by atoms with Gasteiger partial charge in [-0.1, -0.05) is 23.7 Å². The molecule has 0 bridgehead atoms. The predicted octanol–water partition coefficient (Wildman–Crippen LogP) is 3.79. The van der Waals surface area contributed by atoms with Gasteiger partial charge in [0.15, 0.2) is 11.6 Å². The molecule has 0 heterocycles. The monoisotopic (exact) mass is 309 g/mol. The molecule has 21 heavy (non-hydrogen) atoms. The highest BCUT2D eigenvalue weighted by atomic mass is 35.5. The quantitative estimate of drug-likeness (QED) is 0.880. The lowest BCUT2D eigenvalue weighted by atomic mass is 10.2. The van der Waals surface area contributed by atoms with Gasteiger partial charge in [0.1, 0.15) is 12.4 Å². The molecule has 1 N–H and O–H groups in total. The van der Waals surface area contributed by atoms with Crippen molar-refractivity contribution >= 4 is 11.6 Å². The number of nitrogens with one attached hydrogen (secondary N) is 1. The number of hydrogen-bond acceptors (Lipinski definition) is 3. The Morgan fingerprint density at radius 3 is 2.71 bits per heavy atom. The third-order valence-electron chi connectivity index (χ3n) is 3.03. The molecule has 2 rings (SSSR count). The second kappa shape index (κ2) is 7.29. The number of para-hydroxylation sites is 1. The summed E-state index contributed by atoms with van der Waals surface area (Å²) >= 11 is 5.97. The van der Waals surface area contributed by atoms with Crippen LogP contribution in [0.5, 0.6) is 11.5 Å². The Morgan fingerprint density at radius 1 is 1.19 bits per heavy atom. The normalized spacial score (nSPS) is 10.5. The molecule has 112 valence electrons. The minimum Gasteiger partial charge on any atom is -0.496 e. The van der Waals surface area contributed by atoms with Gasteiger partial charge >= 0.3 is 0 Å². The summed E-state index contributed by atoms with van der Waals surface area (Å²) in [5.41, 5.74) is 1.53. The van der Waals surface area contributed by atoms with Gasteiger partial charge in [0.05, 0.1) is 7.11 Å². The standard InChI is InChI=1S/C16H17ClFNO2/c1-19-9-11-4-3-5-14(18)16(11)21-10-12-8-13(17)6-7-15(12)20-2/h3-8,19H,9-10H2,1-2H3. The Morgan fingerprint density at radius 2 is 2.00 bits per heavy atom. The molecule has 3 nitrogen and oxygen atoms in total. The van der Waals surface area contributed by atoms with E-state index >= 15 is 0 Å². The summed E-state index contributed by atoms with van der Waals surface area (Å²) < 4.78 is 24.8. The molecule has 0 unspecified atom stereocenters. The van der Waals surface area contributed by atoms with Crippen molar-refractivity contribution in [2.75, 3.05) is 14.2 Å². The van der Waals surface area contributed by atoms with Crippen molar-refractivity contribution < 1.29 is 13.9 Å². The molecule has 0 aliphatic rings. The maximum atomic E-state index is 13.9. The van der Waals surface area contributed by atoms with Crippen molar-refractivity contribution in [2.45, 2.75) is 13.2 Å². The highest BCUT2D eigenvalue weighted by molar-refractivity contribution is 6.30.